The summed E-state index contributed by atoms with van der Waals surface area (Å²) in [6, 6.07) is 13.6. The molecule has 148 valence electrons. The van der Waals surface area contributed by atoms with Crippen molar-refractivity contribution >= 4 is 11.6 Å². The van der Waals surface area contributed by atoms with E-state index in [1.54, 1.807) is 7.11 Å². The maximum atomic E-state index is 12.3. The Hall–Kier alpha value is -2.77. The summed E-state index contributed by atoms with van der Waals surface area (Å²) in [4.78, 5) is 15.2. The SMILES string of the molecule is COc1ccc(NC(=O)C[NH+]2CC[NH+](Cc3ccc4c(c3)OCO4)CC2)cc1. The van der Waals surface area contributed by atoms with E-state index in [0.29, 0.717) is 13.3 Å². The maximum Gasteiger partial charge on any atom is 0.279 e. The van der Waals surface area contributed by atoms with Crippen LogP contribution in [0.15, 0.2) is 42.5 Å². The first-order valence-corrected chi connectivity index (χ1v) is 9.69. The Bertz CT molecular complexity index is 817. The van der Waals surface area contributed by atoms with Crippen molar-refractivity contribution in [3.63, 3.8) is 0 Å². The number of anilines is 1. The summed E-state index contributed by atoms with van der Waals surface area (Å²) in [6.45, 7) is 5.89. The second-order valence-corrected chi connectivity index (χ2v) is 7.32. The summed E-state index contributed by atoms with van der Waals surface area (Å²) in [5.41, 5.74) is 2.07. The summed E-state index contributed by atoms with van der Waals surface area (Å²) in [5.74, 6) is 2.51. The van der Waals surface area contributed by atoms with Gasteiger partial charge in [-0.1, -0.05) is 0 Å². The fraction of sp³-hybridized carbons (Fsp3) is 0.381. The number of quaternary nitrogens is 2. The highest BCUT2D eigenvalue weighted by molar-refractivity contribution is 5.91. The van der Waals surface area contributed by atoms with Crippen LogP contribution in [-0.2, 0) is 11.3 Å². The number of hydrogen-bond donors (Lipinski definition) is 3. The third-order valence-corrected chi connectivity index (χ3v) is 5.34. The molecule has 0 aromatic heterocycles. The molecule has 1 fully saturated rings. The predicted molar refractivity (Wildman–Crippen MR) is 104 cm³/mol. The molecule has 0 radical (unpaired) electrons. The second kappa shape index (κ2) is 8.50. The highest BCUT2D eigenvalue weighted by Crippen LogP contribution is 2.32. The topological polar surface area (TPSA) is 65.7 Å². The van der Waals surface area contributed by atoms with E-state index in [4.69, 9.17) is 14.2 Å². The van der Waals surface area contributed by atoms with Crippen molar-refractivity contribution in [1.82, 2.24) is 0 Å². The van der Waals surface area contributed by atoms with Gasteiger partial charge in [-0.05, 0) is 42.5 Å². The molecule has 28 heavy (non-hydrogen) atoms. The molecule has 7 nitrogen and oxygen atoms in total. The molecule has 0 aliphatic carbocycles. The van der Waals surface area contributed by atoms with Crippen LogP contribution in [0.4, 0.5) is 5.69 Å². The van der Waals surface area contributed by atoms with Crippen LogP contribution < -0.4 is 29.3 Å². The van der Waals surface area contributed by atoms with E-state index in [1.807, 2.05) is 30.3 Å². The number of fused-ring (bicyclic) bond motifs is 1. The number of rotatable bonds is 6. The molecule has 0 bridgehead atoms. The molecule has 2 aromatic rings. The minimum atomic E-state index is 0.0550. The van der Waals surface area contributed by atoms with E-state index in [0.717, 1.165) is 55.7 Å². The van der Waals surface area contributed by atoms with Crippen LogP contribution in [0, 0.1) is 0 Å². The zero-order chi connectivity index (χ0) is 19.3. The molecule has 2 aliphatic rings. The molecular formula is C21H27N3O4+2. The van der Waals surface area contributed by atoms with Crippen molar-refractivity contribution in [2.45, 2.75) is 6.54 Å². The van der Waals surface area contributed by atoms with Crippen molar-refractivity contribution in [3.8, 4) is 17.2 Å². The molecular weight excluding hydrogens is 358 g/mol. The fourth-order valence-electron chi connectivity index (χ4n) is 3.76. The van der Waals surface area contributed by atoms with E-state index in [-0.39, 0.29) is 5.91 Å². The lowest BCUT2D eigenvalue weighted by Crippen LogP contribution is -3.28. The van der Waals surface area contributed by atoms with E-state index in [9.17, 15) is 4.79 Å². The number of nitrogens with one attached hydrogen (secondary N) is 3. The Morgan fingerprint density at radius 2 is 1.71 bits per heavy atom. The van der Waals surface area contributed by atoms with E-state index < -0.39 is 0 Å². The quantitative estimate of drug-likeness (QED) is 0.618. The minimum Gasteiger partial charge on any atom is -0.497 e. The van der Waals surface area contributed by atoms with Crippen molar-refractivity contribution in [1.29, 1.82) is 0 Å². The summed E-state index contributed by atoms with van der Waals surface area (Å²) in [6.07, 6.45) is 0. The van der Waals surface area contributed by atoms with Crippen molar-refractivity contribution in [3.05, 3.63) is 48.0 Å². The number of methoxy groups -OCH3 is 1. The lowest BCUT2D eigenvalue weighted by atomic mass is 10.1. The second-order valence-electron chi connectivity index (χ2n) is 7.32. The molecule has 2 aliphatic heterocycles. The zero-order valence-corrected chi connectivity index (χ0v) is 16.1. The van der Waals surface area contributed by atoms with Gasteiger partial charge in [-0.2, -0.15) is 0 Å². The molecule has 1 amide bonds. The number of benzene rings is 2. The monoisotopic (exact) mass is 385 g/mol. The van der Waals surface area contributed by atoms with Gasteiger partial charge in [0.25, 0.3) is 5.91 Å². The van der Waals surface area contributed by atoms with Crippen LogP contribution in [0.2, 0.25) is 0 Å². The Morgan fingerprint density at radius 1 is 1.00 bits per heavy atom. The van der Waals surface area contributed by atoms with Gasteiger partial charge in [-0.3, -0.25) is 4.79 Å². The molecule has 0 spiro atoms. The molecule has 0 unspecified atom stereocenters. The van der Waals surface area contributed by atoms with Crippen molar-refractivity contribution in [2.75, 3.05) is 51.9 Å². The van der Waals surface area contributed by atoms with Gasteiger partial charge in [0.05, 0.1) is 7.11 Å². The van der Waals surface area contributed by atoms with E-state index >= 15 is 0 Å². The van der Waals surface area contributed by atoms with Gasteiger partial charge in [-0.15, -0.1) is 0 Å². The summed E-state index contributed by atoms with van der Waals surface area (Å²) in [5, 5.41) is 2.97. The number of ether oxygens (including phenoxy) is 3. The Morgan fingerprint density at radius 3 is 2.46 bits per heavy atom. The molecule has 2 heterocycles. The first kappa shape index (κ1) is 18.6. The zero-order valence-electron chi connectivity index (χ0n) is 16.1. The largest absolute Gasteiger partial charge is 0.497 e. The lowest BCUT2D eigenvalue weighted by Gasteiger charge is -2.29. The maximum absolute atomic E-state index is 12.3. The summed E-state index contributed by atoms with van der Waals surface area (Å²) in [7, 11) is 1.63. The summed E-state index contributed by atoms with van der Waals surface area (Å²) >= 11 is 0. The van der Waals surface area contributed by atoms with E-state index in [1.165, 1.54) is 15.4 Å². The first-order valence-electron chi connectivity index (χ1n) is 9.69. The van der Waals surface area contributed by atoms with Gasteiger partial charge in [0.15, 0.2) is 18.0 Å². The van der Waals surface area contributed by atoms with Crippen LogP contribution in [0.25, 0.3) is 0 Å². The lowest BCUT2D eigenvalue weighted by molar-refractivity contribution is -1.02. The molecule has 7 heteroatoms. The van der Waals surface area contributed by atoms with Gasteiger partial charge in [0.2, 0.25) is 6.79 Å². The van der Waals surface area contributed by atoms with Gasteiger partial charge in [0, 0.05) is 11.3 Å². The third kappa shape index (κ3) is 4.55. The number of carbonyl (C=O) groups excluding carboxylic acids is 1. The molecule has 4 rings (SSSR count). The third-order valence-electron chi connectivity index (χ3n) is 5.34. The van der Waals surface area contributed by atoms with Gasteiger partial charge < -0.3 is 29.3 Å². The van der Waals surface area contributed by atoms with Crippen LogP contribution in [0.1, 0.15) is 5.56 Å². The normalized spacial score (nSPS) is 20.6. The smallest absolute Gasteiger partial charge is 0.279 e. The average molecular weight is 385 g/mol. The first-order chi connectivity index (χ1) is 13.7. The molecule has 0 saturated carbocycles. The highest BCUT2D eigenvalue weighted by atomic mass is 16.7. The Labute approximate surface area is 164 Å². The molecule has 3 N–H and O–H groups in total. The number of amides is 1. The predicted octanol–water partition coefficient (Wildman–Crippen LogP) is -0.654. The average Bonchev–Trinajstić information content (AvgIpc) is 3.18. The standard InChI is InChI=1S/C21H25N3O4/c1-26-18-5-3-17(4-6-18)22-21(25)14-24-10-8-23(9-11-24)13-16-2-7-19-20(12-16)28-15-27-19/h2-7,12H,8-11,13-15H2,1H3,(H,22,25)/p+2. The highest BCUT2D eigenvalue weighted by Gasteiger charge is 2.25. The summed E-state index contributed by atoms with van der Waals surface area (Å²) < 4.78 is 16.0. The van der Waals surface area contributed by atoms with Crippen LogP contribution in [0.3, 0.4) is 0 Å². The van der Waals surface area contributed by atoms with Gasteiger partial charge >= 0.3 is 0 Å². The number of hydrogen-bond acceptors (Lipinski definition) is 4. The van der Waals surface area contributed by atoms with E-state index in [2.05, 4.69) is 17.4 Å². The van der Waals surface area contributed by atoms with Crippen molar-refractivity contribution < 1.29 is 28.8 Å². The molecule has 2 aromatic carbocycles. The Kier molecular flexibility index (Phi) is 5.64. The van der Waals surface area contributed by atoms with Crippen LogP contribution >= 0.6 is 0 Å². The molecule has 0 atom stereocenters. The van der Waals surface area contributed by atoms with Gasteiger partial charge in [0.1, 0.15) is 38.5 Å². The van der Waals surface area contributed by atoms with Crippen LogP contribution in [-0.4, -0.2) is 52.5 Å². The van der Waals surface area contributed by atoms with Gasteiger partial charge in [-0.25, -0.2) is 0 Å². The number of carbonyl (C=O) groups is 1. The fourth-order valence-corrected chi connectivity index (χ4v) is 3.76. The number of piperazine rings is 1. The minimum absolute atomic E-state index is 0.0550. The van der Waals surface area contributed by atoms with Crippen LogP contribution in [0.5, 0.6) is 17.2 Å². The van der Waals surface area contributed by atoms with Crippen molar-refractivity contribution in [2.24, 2.45) is 0 Å². The molecule has 1 saturated heterocycles. The Balaban J connectivity index is 1.22.